The SMILES string of the molecule is CCOC(=O)Cc1csc(SC(C)C(=O)/C=C2/N(C)c3ccccc3C2(C)C)n1. The molecule has 0 N–H and O–H groups in total. The molecule has 0 saturated heterocycles. The lowest BCUT2D eigenvalue weighted by atomic mass is 9.83. The second kappa shape index (κ2) is 8.71. The van der Waals surface area contributed by atoms with E-state index >= 15 is 0 Å². The standard InChI is InChI=1S/C22H26N2O3S2/c1-6-27-20(26)11-15-13-28-21(23-15)29-14(2)18(25)12-19-22(3,4)16-9-7-8-10-17(16)24(19)5/h7-10,12-14H,6,11H2,1-5H3/b19-12+. The normalized spacial score (nSPS) is 17.3. The first-order chi connectivity index (χ1) is 13.7. The lowest BCUT2D eigenvalue weighted by molar-refractivity contribution is -0.142. The van der Waals surface area contributed by atoms with E-state index in [1.54, 1.807) is 13.0 Å². The van der Waals surface area contributed by atoms with Crippen LogP contribution in [0.2, 0.25) is 0 Å². The Morgan fingerprint density at radius 1 is 1.34 bits per heavy atom. The number of fused-ring (bicyclic) bond motifs is 1. The quantitative estimate of drug-likeness (QED) is 0.363. The van der Waals surface area contributed by atoms with Gasteiger partial charge in [0.15, 0.2) is 10.1 Å². The number of carbonyl (C=O) groups is 2. The number of likely N-dealkylation sites (N-methyl/N-ethyl adjacent to an activating group) is 1. The summed E-state index contributed by atoms with van der Waals surface area (Å²) >= 11 is 2.87. The smallest absolute Gasteiger partial charge is 0.311 e. The van der Waals surface area contributed by atoms with Crippen LogP contribution in [0.4, 0.5) is 5.69 Å². The predicted molar refractivity (Wildman–Crippen MR) is 119 cm³/mol. The first-order valence-corrected chi connectivity index (χ1v) is 11.4. The van der Waals surface area contributed by atoms with Crippen molar-refractivity contribution in [3.05, 3.63) is 52.7 Å². The van der Waals surface area contributed by atoms with Crippen molar-refractivity contribution in [3.63, 3.8) is 0 Å². The molecular formula is C22H26N2O3S2. The van der Waals surface area contributed by atoms with Crippen LogP contribution in [-0.4, -0.2) is 35.6 Å². The van der Waals surface area contributed by atoms with Gasteiger partial charge >= 0.3 is 5.97 Å². The minimum absolute atomic E-state index is 0.0554. The van der Waals surface area contributed by atoms with Crippen LogP contribution in [-0.2, 0) is 26.2 Å². The van der Waals surface area contributed by atoms with Crippen molar-refractivity contribution in [1.82, 2.24) is 4.98 Å². The molecule has 1 atom stereocenters. The minimum Gasteiger partial charge on any atom is -0.466 e. The lowest BCUT2D eigenvalue weighted by Gasteiger charge is -2.24. The molecule has 0 saturated carbocycles. The second-order valence-corrected chi connectivity index (χ2v) is 9.93. The van der Waals surface area contributed by atoms with E-state index in [0.717, 1.165) is 15.7 Å². The molecule has 5 nitrogen and oxygen atoms in total. The van der Waals surface area contributed by atoms with Crippen LogP contribution in [0.3, 0.4) is 0 Å². The number of thioether (sulfide) groups is 1. The van der Waals surface area contributed by atoms with Gasteiger partial charge in [-0.15, -0.1) is 11.3 Å². The van der Waals surface area contributed by atoms with Crippen LogP contribution in [0.15, 0.2) is 45.8 Å². The van der Waals surface area contributed by atoms with Crippen LogP contribution in [0.25, 0.3) is 0 Å². The van der Waals surface area contributed by atoms with Gasteiger partial charge in [-0.05, 0) is 25.5 Å². The monoisotopic (exact) mass is 430 g/mol. The maximum absolute atomic E-state index is 12.9. The Morgan fingerprint density at radius 3 is 2.76 bits per heavy atom. The molecule has 0 aliphatic carbocycles. The molecule has 2 heterocycles. The number of nitrogens with zero attached hydrogens (tertiary/aromatic N) is 2. The average molecular weight is 431 g/mol. The summed E-state index contributed by atoms with van der Waals surface area (Å²) in [6.45, 7) is 8.33. The third-order valence-electron chi connectivity index (χ3n) is 5.06. The van der Waals surface area contributed by atoms with Crippen LogP contribution >= 0.6 is 23.1 Å². The summed E-state index contributed by atoms with van der Waals surface area (Å²) in [7, 11) is 2.01. The minimum atomic E-state index is -0.283. The van der Waals surface area contributed by atoms with Crippen molar-refractivity contribution < 1.29 is 14.3 Å². The predicted octanol–water partition coefficient (Wildman–Crippen LogP) is 4.61. The molecule has 1 aromatic heterocycles. The van der Waals surface area contributed by atoms with Crippen molar-refractivity contribution in [3.8, 4) is 0 Å². The number of anilines is 1. The van der Waals surface area contributed by atoms with Crippen molar-refractivity contribution in [2.75, 3.05) is 18.6 Å². The van der Waals surface area contributed by atoms with Gasteiger partial charge in [-0.25, -0.2) is 4.98 Å². The van der Waals surface area contributed by atoms with Gasteiger partial charge in [0.25, 0.3) is 0 Å². The van der Waals surface area contributed by atoms with E-state index in [4.69, 9.17) is 4.74 Å². The molecule has 2 aromatic rings. The van der Waals surface area contributed by atoms with E-state index in [-0.39, 0.29) is 28.8 Å². The molecule has 0 spiro atoms. The van der Waals surface area contributed by atoms with E-state index in [1.807, 2.05) is 31.5 Å². The molecule has 0 bridgehead atoms. The number of thiazole rings is 1. The molecule has 1 aliphatic heterocycles. The number of benzene rings is 1. The number of ether oxygens (including phenoxy) is 1. The molecule has 0 amide bonds. The number of esters is 1. The molecule has 29 heavy (non-hydrogen) atoms. The van der Waals surface area contributed by atoms with Gasteiger partial charge in [-0.1, -0.05) is 43.8 Å². The Morgan fingerprint density at radius 2 is 2.07 bits per heavy atom. The topological polar surface area (TPSA) is 59.5 Å². The third kappa shape index (κ3) is 4.56. The Kier molecular flexibility index (Phi) is 6.49. The second-order valence-electron chi connectivity index (χ2n) is 7.48. The molecular weight excluding hydrogens is 404 g/mol. The first kappa shape index (κ1) is 21.6. The largest absolute Gasteiger partial charge is 0.466 e. The highest BCUT2D eigenvalue weighted by atomic mass is 32.2. The van der Waals surface area contributed by atoms with Gasteiger partial charge in [0, 0.05) is 35.3 Å². The van der Waals surface area contributed by atoms with Crippen LogP contribution in [0.1, 0.15) is 39.0 Å². The molecule has 3 rings (SSSR count). The van der Waals surface area contributed by atoms with Crippen molar-refractivity contribution in [2.45, 2.75) is 49.1 Å². The highest BCUT2D eigenvalue weighted by Gasteiger charge is 2.38. The third-order valence-corrected chi connectivity index (χ3v) is 7.20. The van der Waals surface area contributed by atoms with E-state index in [9.17, 15) is 9.59 Å². The van der Waals surface area contributed by atoms with E-state index in [1.165, 1.54) is 28.7 Å². The Hall–Kier alpha value is -2.12. The maximum Gasteiger partial charge on any atom is 0.311 e. The van der Waals surface area contributed by atoms with Gasteiger partial charge in [-0.2, -0.15) is 0 Å². The summed E-state index contributed by atoms with van der Waals surface area (Å²) < 4.78 is 5.74. The first-order valence-electron chi connectivity index (χ1n) is 9.60. The van der Waals surface area contributed by atoms with Gasteiger partial charge in [0.1, 0.15) is 0 Å². The molecule has 1 aliphatic rings. The van der Waals surface area contributed by atoms with Crippen LogP contribution in [0, 0.1) is 0 Å². The summed E-state index contributed by atoms with van der Waals surface area (Å²) in [4.78, 5) is 31.1. The summed E-state index contributed by atoms with van der Waals surface area (Å²) in [5, 5.41) is 1.58. The summed E-state index contributed by atoms with van der Waals surface area (Å²) in [5.41, 5.74) is 3.82. The summed E-state index contributed by atoms with van der Waals surface area (Å²) in [5.74, 6) is -0.228. The number of allylic oxidation sites excluding steroid dienone is 2. The van der Waals surface area contributed by atoms with Gasteiger partial charge < -0.3 is 9.64 Å². The Bertz CT molecular complexity index is 949. The van der Waals surface area contributed by atoms with Gasteiger partial charge in [-0.3, -0.25) is 9.59 Å². The molecule has 0 radical (unpaired) electrons. The fourth-order valence-corrected chi connectivity index (χ4v) is 5.50. The number of hydrogen-bond donors (Lipinski definition) is 0. The number of rotatable bonds is 7. The van der Waals surface area contributed by atoms with Gasteiger partial charge in [0.2, 0.25) is 0 Å². The number of aromatic nitrogens is 1. The molecule has 7 heteroatoms. The summed E-state index contributed by atoms with van der Waals surface area (Å²) in [6.07, 6.45) is 1.93. The van der Waals surface area contributed by atoms with Crippen molar-refractivity contribution >= 4 is 40.5 Å². The zero-order chi connectivity index (χ0) is 21.2. The van der Waals surface area contributed by atoms with E-state index in [0.29, 0.717) is 12.3 Å². The fourth-order valence-electron chi connectivity index (χ4n) is 3.50. The molecule has 1 unspecified atom stereocenters. The molecule has 0 fully saturated rings. The zero-order valence-electron chi connectivity index (χ0n) is 17.4. The molecule has 1 aromatic carbocycles. The van der Waals surface area contributed by atoms with E-state index in [2.05, 4.69) is 35.9 Å². The molecule has 154 valence electrons. The van der Waals surface area contributed by atoms with Gasteiger partial charge in [0.05, 0.1) is 24.0 Å². The number of ketones is 1. The van der Waals surface area contributed by atoms with Crippen molar-refractivity contribution in [1.29, 1.82) is 0 Å². The number of para-hydroxylation sites is 1. The zero-order valence-corrected chi connectivity index (χ0v) is 19.0. The average Bonchev–Trinajstić information content (AvgIpc) is 3.18. The summed E-state index contributed by atoms with van der Waals surface area (Å²) in [6, 6.07) is 8.26. The lowest BCUT2D eigenvalue weighted by Crippen LogP contribution is -2.25. The fraction of sp³-hybridized carbons (Fsp3) is 0.409. The van der Waals surface area contributed by atoms with E-state index < -0.39 is 0 Å². The maximum atomic E-state index is 12.9. The highest BCUT2D eigenvalue weighted by Crippen LogP contribution is 2.46. The van der Waals surface area contributed by atoms with Crippen LogP contribution < -0.4 is 4.90 Å². The Balaban J connectivity index is 1.70. The number of carbonyl (C=O) groups excluding carboxylic acids is 2. The van der Waals surface area contributed by atoms with Crippen molar-refractivity contribution in [2.24, 2.45) is 0 Å². The van der Waals surface area contributed by atoms with Crippen LogP contribution in [0.5, 0.6) is 0 Å². The Labute approximate surface area is 180 Å². The number of hydrogen-bond acceptors (Lipinski definition) is 7. The highest BCUT2D eigenvalue weighted by molar-refractivity contribution is 8.02.